The smallest absolute Gasteiger partial charge is 0.337 e. The number of carboxylic acids is 1. The summed E-state index contributed by atoms with van der Waals surface area (Å²) in [6.07, 6.45) is 7.04. The molecule has 0 saturated heterocycles. The van der Waals surface area contributed by atoms with E-state index in [2.05, 4.69) is 29.5 Å². The number of anilines is 1. The Hall–Kier alpha value is -2.11. The fourth-order valence-electron chi connectivity index (χ4n) is 2.71. The Labute approximate surface area is 124 Å². The van der Waals surface area contributed by atoms with E-state index in [9.17, 15) is 9.59 Å². The molecule has 0 aromatic carbocycles. The Kier molecular flexibility index (Phi) is 4.45. The Morgan fingerprint density at radius 3 is 2.76 bits per heavy atom. The fraction of sp³-hybridized carbons (Fsp3) is 0.533. The van der Waals surface area contributed by atoms with Gasteiger partial charge in [0.2, 0.25) is 0 Å². The van der Waals surface area contributed by atoms with E-state index in [1.54, 1.807) is 0 Å². The molecule has 21 heavy (non-hydrogen) atoms. The number of nitrogens with zero attached hydrogens (tertiary/aromatic N) is 1. The number of hydrogen-bond acceptors (Lipinski definition) is 3. The van der Waals surface area contributed by atoms with Crippen LogP contribution in [0.1, 0.15) is 49.9 Å². The van der Waals surface area contributed by atoms with Gasteiger partial charge < -0.3 is 15.7 Å². The van der Waals surface area contributed by atoms with Crippen LogP contribution in [0.3, 0.4) is 0 Å². The lowest BCUT2D eigenvalue weighted by Gasteiger charge is -2.38. The van der Waals surface area contributed by atoms with Crippen LogP contribution in [0.2, 0.25) is 0 Å². The van der Waals surface area contributed by atoms with E-state index in [-0.39, 0.29) is 23.1 Å². The maximum Gasteiger partial charge on any atom is 0.337 e. The molecular weight excluding hydrogens is 270 g/mol. The van der Waals surface area contributed by atoms with E-state index >= 15 is 0 Å². The molecule has 0 radical (unpaired) electrons. The van der Waals surface area contributed by atoms with E-state index in [1.807, 2.05) is 0 Å². The first-order valence-corrected chi connectivity index (χ1v) is 7.14. The summed E-state index contributed by atoms with van der Waals surface area (Å²) in [5.74, 6) is -1.07. The van der Waals surface area contributed by atoms with Gasteiger partial charge in [-0.3, -0.25) is 4.98 Å². The molecule has 1 aromatic rings. The van der Waals surface area contributed by atoms with Crippen molar-refractivity contribution >= 4 is 17.7 Å². The summed E-state index contributed by atoms with van der Waals surface area (Å²) in [5.41, 5.74) is 0.503. The van der Waals surface area contributed by atoms with Gasteiger partial charge in [-0.05, 0) is 24.3 Å². The maximum absolute atomic E-state index is 12.1. The summed E-state index contributed by atoms with van der Waals surface area (Å²) in [7, 11) is 0. The largest absolute Gasteiger partial charge is 0.478 e. The molecule has 6 nitrogen and oxygen atoms in total. The Morgan fingerprint density at radius 1 is 1.33 bits per heavy atom. The predicted octanol–water partition coefficient (Wildman–Crippen LogP) is 2.87. The molecule has 0 aliphatic heterocycles. The molecule has 2 amide bonds. The number of amides is 2. The molecule has 1 aromatic heterocycles. The molecule has 1 aliphatic carbocycles. The summed E-state index contributed by atoms with van der Waals surface area (Å²) in [6.45, 7) is 4.31. The van der Waals surface area contributed by atoms with Crippen molar-refractivity contribution in [2.75, 3.05) is 5.32 Å². The number of urea groups is 1. The van der Waals surface area contributed by atoms with Crippen LogP contribution >= 0.6 is 0 Å². The summed E-state index contributed by atoms with van der Waals surface area (Å²) in [6, 6.07) is 1.20. The molecular formula is C15H21N3O3. The fourth-order valence-corrected chi connectivity index (χ4v) is 2.71. The minimum Gasteiger partial charge on any atom is -0.478 e. The predicted molar refractivity (Wildman–Crippen MR) is 79.4 cm³/mol. The third-order valence-corrected chi connectivity index (χ3v) is 4.06. The summed E-state index contributed by atoms with van der Waals surface area (Å²) in [4.78, 5) is 26.7. The van der Waals surface area contributed by atoms with E-state index in [0.717, 1.165) is 19.3 Å². The summed E-state index contributed by atoms with van der Waals surface area (Å²) < 4.78 is 0. The number of aromatic carboxylic acids is 1. The number of pyridine rings is 1. The van der Waals surface area contributed by atoms with Crippen molar-refractivity contribution in [3.8, 4) is 0 Å². The minimum atomic E-state index is -1.07. The van der Waals surface area contributed by atoms with Gasteiger partial charge in [-0.15, -0.1) is 0 Å². The standard InChI is InChI=1S/C15H21N3O3/c1-15(2)6-4-3-5-12(15)18-14(21)17-11-7-10(13(19)20)8-16-9-11/h7-9,12H,3-6H2,1-2H3,(H,19,20)(H2,17,18,21). The molecule has 1 unspecified atom stereocenters. The number of carbonyl (C=O) groups is 2. The molecule has 1 fully saturated rings. The highest BCUT2D eigenvalue weighted by Crippen LogP contribution is 2.35. The summed E-state index contributed by atoms with van der Waals surface area (Å²) in [5, 5.41) is 14.5. The number of rotatable bonds is 3. The number of carbonyl (C=O) groups excluding carboxylic acids is 1. The zero-order valence-corrected chi connectivity index (χ0v) is 12.3. The first kappa shape index (κ1) is 15.3. The number of hydrogen-bond donors (Lipinski definition) is 3. The molecule has 1 atom stereocenters. The molecule has 2 rings (SSSR count). The van der Waals surface area contributed by atoms with Gasteiger partial charge >= 0.3 is 12.0 Å². The van der Waals surface area contributed by atoms with Gasteiger partial charge in [-0.25, -0.2) is 9.59 Å². The first-order chi connectivity index (χ1) is 9.88. The number of aromatic nitrogens is 1. The number of nitrogens with one attached hydrogen (secondary N) is 2. The monoisotopic (exact) mass is 291 g/mol. The Balaban J connectivity index is 1.98. The van der Waals surface area contributed by atoms with Gasteiger partial charge in [0, 0.05) is 12.2 Å². The van der Waals surface area contributed by atoms with Crippen LogP contribution in [0.4, 0.5) is 10.5 Å². The van der Waals surface area contributed by atoms with E-state index in [0.29, 0.717) is 5.69 Å². The first-order valence-electron chi connectivity index (χ1n) is 7.14. The van der Waals surface area contributed by atoms with Crippen molar-refractivity contribution in [1.82, 2.24) is 10.3 Å². The van der Waals surface area contributed by atoms with Crippen molar-refractivity contribution in [3.63, 3.8) is 0 Å². The number of carboxylic acid groups (broad SMARTS) is 1. The van der Waals surface area contributed by atoms with E-state index in [1.165, 1.54) is 24.9 Å². The van der Waals surface area contributed by atoms with Gasteiger partial charge in [0.25, 0.3) is 0 Å². The van der Waals surface area contributed by atoms with Crippen LogP contribution in [-0.4, -0.2) is 28.1 Å². The zero-order valence-electron chi connectivity index (χ0n) is 12.3. The lowest BCUT2D eigenvalue weighted by atomic mass is 9.73. The van der Waals surface area contributed by atoms with Crippen LogP contribution in [0.15, 0.2) is 18.5 Å². The second kappa shape index (κ2) is 6.11. The highest BCUT2D eigenvalue weighted by atomic mass is 16.4. The second-order valence-electron chi connectivity index (χ2n) is 6.15. The molecule has 1 saturated carbocycles. The molecule has 114 valence electrons. The van der Waals surface area contributed by atoms with Gasteiger partial charge in [0.1, 0.15) is 0 Å². The molecule has 0 spiro atoms. The lowest BCUT2D eigenvalue weighted by molar-refractivity contribution is 0.0696. The average Bonchev–Trinajstić information content (AvgIpc) is 2.41. The minimum absolute atomic E-state index is 0.0470. The normalized spacial score (nSPS) is 20.6. The third-order valence-electron chi connectivity index (χ3n) is 4.06. The van der Waals surface area contributed by atoms with Gasteiger partial charge in [0.15, 0.2) is 0 Å². The van der Waals surface area contributed by atoms with Gasteiger partial charge in [-0.1, -0.05) is 26.7 Å². The Morgan fingerprint density at radius 2 is 2.10 bits per heavy atom. The molecule has 1 aliphatic rings. The highest BCUT2D eigenvalue weighted by molar-refractivity contribution is 5.92. The highest BCUT2D eigenvalue weighted by Gasteiger charge is 2.33. The Bertz CT molecular complexity index is 543. The zero-order chi connectivity index (χ0) is 15.5. The third kappa shape index (κ3) is 3.93. The molecule has 1 heterocycles. The van der Waals surface area contributed by atoms with E-state index in [4.69, 9.17) is 5.11 Å². The second-order valence-corrected chi connectivity index (χ2v) is 6.15. The van der Waals surface area contributed by atoms with Crippen LogP contribution in [-0.2, 0) is 0 Å². The van der Waals surface area contributed by atoms with Crippen LogP contribution in [0.5, 0.6) is 0 Å². The van der Waals surface area contributed by atoms with Crippen molar-refractivity contribution in [2.24, 2.45) is 5.41 Å². The van der Waals surface area contributed by atoms with Gasteiger partial charge in [0.05, 0.1) is 17.4 Å². The molecule has 3 N–H and O–H groups in total. The van der Waals surface area contributed by atoms with Crippen LogP contribution in [0, 0.1) is 5.41 Å². The quantitative estimate of drug-likeness (QED) is 0.798. The van der Waals surface area contributed by atoms with Crippen LogP contribution in [0.25, 0.3) is 0 Å². The lowest BCUT2D eigenvalue weighted by Crippen LogP contribution is -2.48. The SMILES string of the molecule is CC1(C)CCCCC1NC(=O)Nc1cncc(C(=O)O)c1. The van der Waals surface area contributed by atoms with Gasteiger partial charge in [-0.2, -0.15) is 0 Å². The maximum atomic E-state index is 12.1. The molecule has 6 heteroatoms. The average molecular weight is 291 g/mol. The van der Waals surface area contributed by atoms with E-state index < -0.39 is 5.97 Å². The van der Waals surface area contributed by atoms with Crippen LogP contribution < -0.4 is 10.6 Å². The topological polar surface area (TPSA) is 91.3 Å². The van der Waals surface area contributed by atoms with Crippen molar-refractivity contribution in [2.45, 2.75) is 45.6 Å². The van der Waals surface area contributed by atoms with Crippen molar-refractivity contribution in [1.29, 1.82) is 0 Å². The van der Waals surface area contributed by atoms with Crippen molar-refractivity contribution in [3.05, 3.63) is 24.0 Å². The molecule has 0 bridgehead atoms. The van der Waals surface area contributed by atoms with Crippen molar-refractivity contribution < 1.29 is 14.7 Å². The summed E-state index contributed by atoms with van der Waals surface area (Å²) >= 11 is 0.